The molecule has 4 heteroatoms. The van der Waals surface area contributed by atoms with Gasteiger partial charge in [0.25, 0.3) is 0 Å². The molecule has 0 radical (unpaired) electrons. The second-order valence-electron chi connectivity index (χ2n) is 4.54. The van der Waals surface area contributed by atoms with E-state index in [1.807, 2.05) is 24.4 Å². The van der Waals surface area contributed by atoms with Crippen molar-refractivity contribution in [2.24, 2.45) is 0 Å². The third-order valence-corrected chi connectivity index (χ3v) is 4.72. The zero-order valence-electron chi connectivity index (χ0n) is 11.0. The Morgan fingerprint density at radius 2 is 2.00 bits per heavy atom. The van der Waals surface area contributed by atoms with Crippen LogP contribution in [0.5, 0.6) is 0 Å². The lowest BCUT2D eigenvalue weighted by Gasteiger charge is -2.20. The van der Waals surface area contributed by atoms with Crippen molar-refractivity contribution in [3.63, 3.8) is 0 Å². The third kappa shape index (κ3) is 3.51. The first-order valence-electron chi connectivity index (χ1n) is 6.35. The van der Waals surface area contributed by atoms with Gasteiger partial charge in [-0.2, -0.15) is 0 Å². The first kappa shape index (κ1) is 14.9. The van der Waals surface area contributed by atoms with Gasteiger partial charge in [-0.05, 0) is 48.5 Å². The van der Waals surface area contributed by atoms with Gasteiger partial charge in [0, 0.05) is 9.90 Å². The van der Waals surface area contributed by atoms with Crippen molar-refractivity contribution >= 4 is 34.5 Å². The van der Waals surface area contributed by atoms with E-state index in [4.69, 9.17) is 23.2 Å². The van der Waals surface area contributed by atoms with Crippen LogP contribution in [0.15, 0.2) is 29.6 Å². The summed E-state index contributed by atoms with van der Waals surface area (Å²) in [5.41, 5.74) is 2.25. The van der Waals surface area contributed by atoms with Crippen LogP contribution < -0.4 is 5.32 Å². The molecule has 0 aliphatic rings. The van der Waals surface area contributed by atoms with Crippen molar-refractivity contribution in [3.05, 3.63) is 55.7 Å². The minimum atomic E-state index is 0.0700. The van der Waals surface area contributed by atoms with Crippen LogP contribution in [-0.2, 0) is 0 Å². The molecule has 1 N–H and O–H groups in total. The van der Waals surface area contributed by atoms with Crippen LogP contribution in [0.3, 0.4) is 0 Å². The average Bonchev–Trinajstić information content (AvgIpc) is 2.78. The molecule has 19 heavy (non-hydrogen) atoms. The molecule has 1 atom stereocenters. The first-order chi connectivity index (χ1) is 9.13. The van der Waals surface area contributed by atoms with E-state index in [0.29, 0.717) is 0 Å². The molecule has 2 aromatic rings. The van der Waals surface area contributed by atoms with Gasteiger partial charge in [0.05, 0.1) is 11.1 Å². The number of halogens is 2. The largest absolute Gasteiger partial charge is 0.306 e. The number of hydrogen-bond acceptors (Lipinski definition) is 2. The monoisotopic (exact) mass is 313 g/mol. The highest BCUT2D eigenvalue weighted by atomic mass is 35.5. The summed E-state index contributed by atoms with van der Waals surface area (Å²) < 4.78 is 0. The van der Waals surface area contributed by atoms with Gasteiger partial charge in [0.1, 0.15) is 0 Å². The summed E-state index contributed by atoms with van der Waals surface area (Å²) in [5, 5.41) is 7.14. The highest BCUT2D eigenvalue weighted by Crippen LogP contribution is 2.36. The smallest absolute Gasteiger partial charge is 0.0700 e. The summed E-state index contributed by atoms with van der Waals surface area (Å²) in [6.45, 7) is 5.13. The fourth-order valence-corrected chi connectivity index (χ4v) is 3.61. The molecule has 2 rings (SSSR count). The molecule has 1 heterocycles. The first-order valence-corrected chi connectivity index (χ1v) is 7.99. The van der Waals surface area contributed by atoms with Gasteiger partial charge in [-0.25, -0.2) is 0 Å². The van der Waals surface area contributed by atoms with E-state index in [0.717, 1.165) is 33.5 Å². The van der Waals surface area contributed by atoms with Gasteiger partial charge in [0.15, 0.2) is 0 Å². The Balaban J connectivity index is 2.40. The minimum Gasteiger partial charge on any atom is -0.306 e. The van der Waals surface area contributed by atoms with Gasteiger partial charge in [-0.15, -0.1) is 11.3 Å². The van der Waals surface area contributed by atoms with Crippen molar-refractivity contribution < 1.29 is 0 Å². The molecule has 0 spiro atoms. The number of aryl methyl sites for hydroxylation is 1. The van der Waals surface area contributed by atoms with E-state index in [-0.39, 0.29) is 6.04 Å². The lowest BCUT2D eigenvalue weighted by atomic mass is 10.0. The molecule has 102 valence electrons. The van der Waals surface area contributed by atoms with Crippen LogP contribution >= 0.6 is 34.5 Å². The molecular formula is C15H17Cl2NS. The number of rotatable bonds is 5. The molecule has 1 nitrogen and oxygen atoms in total. The molecule has 1 aromatic carbocycles. The fourth-order valence-electron chi connectivity index (χ4n) is 2.01. The third-order valence-electron chi connectivity index (χ3n) is 2.97. The highest BCUT2D eigenvalue weighted by molar-refractivity contribution is 7.10. The normalized spacial score (nSPS) is 12.6. The van der Waals surface area contributed by atoms with Crippen LogP contribution in [0.4, 0.5) is 0 Å². The molecule has 0 fully saturated rings. The summed E-state index contributed by atoms with van der Waals surface area (Å²) >= 11 is 14.3. The van der Waals surface area contributed by atoms with Crippen molar-refractivity contribution in [1.29, 1.82) is 0 Å². The maximum Gasteiger partial charge on any atom is 0.0700 e. The quantitative estimate of drug-likeness (QED) is 0.773. The highest BCUT2D eigenvalue weighted by Gasteiger charge is 2.20. The van der Waals surface area contributed by atoms with E-state index < -0.39 is 0 Å². The summed E-state index contributed by atoms with van der Waals surface area (Å²) in [6.07, 6.45) is 1.07. The summed E-state index contributed by atoms with van der Waals surface area (Å²) in [5.74, 6) is 0. The van der Waals surface area contributed by atoms with E-state index in [1.165, 1.54) is 5.56 Å². The van der Waals surface area contributed by atoms with E-state index in [1.54, 1.807) is 11.3 Å². The van der Waals surface area contributed by atoms with E-state index in [9.17, 15) is 0 Å². The predicted molar refractivity (Wildman–Crippen MR) is 85.7 cm³/mol. The lowest BCUT2D eigenvalue weighted by Crippen LogP contribution is -2.23. The van der Waals surface area contributed by atoms with Gasteiger partial charge < -0.3 is 5.32 Å². The number of thiophene rings is 1. The van der Waals surface area contributed by atoms with Crippen LogP contribution in [0.1, 0.15) is 35.4 Å². The molecule has 0 saturated heterocycles. The summed E-state index contributed by atoms with van der Waals surface area (Å²) in [6, 6.07) is 8.17. The molecule has 0 amide bonds. The molecule has 0 aliphatic carbocycles. The standard InChI is InChI=1S/C15H17Cl2NS/c1-3-7-18-14(15-12(16)6-8-19-15)11-5-4-10(2)9-13(11)17/h4-6,8-9,14,18H,3,7H2,1-2H3. The Labute approximate surface area is 128 Å². The Hall–Kier alpha value is -0.540. The predicted octanol–water partition coefficient (Wildman–Crippen LogP) is 5.45. The second-order valence-corrected chi connectivity index (χ2v) is 6.31. The molecule has 0 bridgehead atoms. The SMILES string of the molecule is CCCNC(c1ccc(C)cc1Cl)c1sccc1Cl. The number of hydrogen-bond donors (Lipinski definition) is 1. The van der Waals surface area contributed by atoms with Crippen molar-refractivity contribution in [2.45, 2.75) is 26.3 Å². The summed E-state index contributed by atoms with van der Waals surface area (Å²) in [4.78, 5) is 1.13. The van der Waals surface area contributed by atoms with Crippen LogP contribution in [0, 0.1) is 6.92 Å². The number of nitrogens with one attached hydrogen (secondary N) is 1. The maximum atomic E-state index is 6.39. The Morgan fingerprint density at radius 1 is 1.21 bits per heavy atom. The molecule has 1 unspecified atom stereocenters. The zero-order valence-corrected chi connectivity index (χ0v) is 13.4. The van der Waals surface area contributed by atoms with E-state index >= 15 is 0 Å². The average molecular weight is 314 g/mol. The van der Waals surface area contributed by atoms with Crippen molar-refractivity contribution in [3.8, 4) is 0 Å². The Kier molecular flexibility index (Phi) is 5.28. The molecular weight excluding hydrogens is 297 g/mol. The topological polar surface area (TPSA) is 12.0 Å². The van der Waals surface area contributed by atoms with Gasteiger partial charge in [-0.1, -0.05) is 42.3 Å². The minimum absolute atomic E-state index is 0.0700. The van der Waals surface area contributed by atoms with Crippen LogP contribution in [0.25, 0.3) is 0 Å². The van der Waals surface area contributed by atoms with Gasteiger partial charge in [-0.3, -0.25) is 0 Å². The fraction of sp³-hybridized carbons (Fsp3) is 0.333. The van der Waals surface area contributed by atoms with E-state index in [2.05, 4.69) is 24.4 Å². The molecule has 1 aromatic heterocycles. The number of benzene rings is 1. The van der Waals surface area contributed by atoms with Crippen LogP contribution in [0.2, 0.25) is 10.0 Å². The van der Waals surface area contributed by atoms with Gasteiger partial charge in [0.2, 0.25) is 0 Å². The lowest BCUT2D eigenvalue weighted by molar-refractivity contribution is 0.606. The summed E-state index contributed by atoms with van der Waals surface area (Å²) in [7, 11) is 0. The Morgan fingerprint density at radius 3 is 2.58 bits per heavy atom. The van der Waals surface area contributed by atoms with Crippen molar-refractivity contribution in [2.75, 3.05) is 6.54 Å². The van der Waals surface area contributed by atoms with Gasteiger partial charge >= 0.3 is 0 Å². The zero-order chi connectivity index (χ0) is 13.8. The molecule has 0 aliphatic heterocycles. The van der Waals surface area contributed by atoms with Crippen molar-refractivity contribution in [1.82, 2.24) is 5.32 Å². The second kappa shape index (κ2) is 6.76. The van der Waals surface area contributed by atoms with Crippen LogP contribution in [-0.4, -0.2) is 6.54 Å². The molecule has 0 saturated carbocycles. The maximum absolute atomic E-state index is 6.39. The Bertz CT molecular complexity index is 551.